The summed E-state index contributed by atoms with van der Waals surface area (Å²) in [5, 5.41) is 16.5. The highest BCUT2D eigenvalue weighted by molar-refractivity contribution is 7.88. The lowest BCUT2D eigenvalue weighted by Crippen LogP contribution is -2.22. The molecule has 2 aromatic carbocycles. The molecule has 156 valence electrons. The van der Waals surface area contributed by atoms with E-state index in [0.29, 0.717) is 12.2 Å². The molecule has 3 N–H and O–H groups in total. The number of anilines is 2. The molecule has 9 nitrogen and oxygen atoms in total. The summed E-state index contributed by atoms with van der Waals surface area (Å²) in [6.07, 6.45) is 2.59. The van der Waals surface area contributed by atoms with Crippen LogP contribution in [0.2, 0.25) is 0 Å². The molecule has 0 saturated carbocycles. The van der Waals surface area contributed by atoms with Crippen molar-refractivity contribution in [2.24, 2.45) is 4.36 Å². The van der Waals surface area contributed by atoms with Gasteiger partial charge in [0.05, 0.1) is 10.6 Å². The van der Waals surface area contributed by atoms with Gasteiger partial charge >= 0.3 is 6.03 Å². The lowest BCUT2D eigenvalue weighted by atomic mass is 10.2. The lowest BCUT2D eigenvalue weighted by molar-refractivity contribution is -0.385. The maximum absolute atomic E-state index is 12.8. The number of carbonyl (C=O) groups is 1. The number of unbranched alkanes of at least 4 members (excludes halogenated alkanes) is 2. The Morgan fingerprint density at radius 1 is 1.21 bits per heavy atom. The molecule has 0 aliphatic rings. The third kappa shape index (κ3) is 6.54. The molecule has 0 radical (unpaired) electrons. The van der Waals surface area contributed by atoms with E-state index in [1.54, 1.807) is 12.1 Å². The molecule has 0 saturated heterocycles. The van der Waals surface area contributed by atoms with Gasteiger partial charge in [0, 0.05) is 24.4 Å². The van der Waals surface area contributed by atoms with Gasteiger partial charge in [-0.25, -0.2) is 9.00 Å². The summed E-state index contributed by atoms with van der Waals surface area (Å²) in [6.45, 7) is 4.26. The van der Waals surface area contributed by atoms with Gasteiger partial charge in [0.15, 0.2) is 0 Å². The van der Waals surface area contributed by atoms with Crippen molar-refractivity contribution in [3.8, 4) is 0 Å². The van der Waals surface area contributed by atoms with Gasteiger partial charge in [0.1, 0.15) is 4.90 Å². The molecule has 2 rings (SSSR count). The summed E-state index contributed by atoms with van der Waals surface area (Å²) >= 11 is 0. The fourth-order valence-corrected chi connectivity index (χ4v) is 3.57. The van der Waals surface area contributed by atoms with Crippen LogP contribution in [0.4, 0.5) is 21.9 Å². The first-order valence-corrected chi connectivity index (χ1v) is 10.6. The van der Waals surface area contributed by atoms with Gasteiger partial charge in [-0.15, -0.1) is 4.36 Å². The zero-order valence-electron chi connectivity index (χ0n) is 16.3. The van der Waals surface area contributed by atoms with Gasteiger partial charge in [-0.05, 0) is 31.5 Å². The molecule has 0 fully saturated rings. The summed E-state index contributed by atoms with van der Waals surface area (Å²) < 4.78 is 26.6. The normalized spacial score (nSPS) is 12.7. The van der Waals surface area contributed by atoms with Crippen molar-refractivity contribution in [2.75, 3.05) is 11.9 Å². The van der Waals surface area contributed by atoms with Crippen molar-refractivity contribution in [2.45, 2.75) is 38.0 Å². The number of amides is 2. The second kappa shape index (κ2) is 9.99. The second-order valence-corrected chi connectivity index (χ2v) is 8.07. The minimum absolute atomic E-state index is 0.148. The number of non-ortho nitro benzene ring substituents is 1. The third-order valence-corrected chi connectivity index (χ3v) is 5.38. The number of hydrogen-bond donors (Lipinski definition) is 3. The first-order chi connectivity index (χ1) is 13.7. The highest BCUT2D eigenvalue weighted by Crippen LogP contribution is 2.30. The van der Waals surface area contributed by atoms with Gasteiger partial charge in [-0.1, -0.05) is 37.5 Å². The third-order valence-electron chi connectivity index (χ3n) is 4.06. The molecule has 1 unspecified atom stereocenters. The van der Waals surface area contributed by atoms with Gasteiger partial charge in [-0.2, -0.15) is 0 Å². The Kier molecular flexibility index (Phi) is 7.68. The average molecular weight is 420 g/mol. The summed E-state index contributed by atoms with van der Waals surface area (Å²) in [7, 11) is -4.22. The zero-order chi connectivity index (χ0) is 21.4. The first-order valence-electron chi connectivity index (χ1n) is 9.12. The van der Waals surface area contributed by atoms with Crippen LogP contribution in [0, 0.1) is 17.0 Å². The molecule has 2 amide bonds. The van der Waals surface area contributed by atoms with Crippen LogP contribution in [0.15, 0.2) is 51.7 Å². The van der Waals surface area contributed by atoms with Crippen molar-refractivity contribution < 1.29 is 18.5 Å². The van der Waals surface area contributed by atoms with Crippen LogP contribution in [0.5, 0.6) is 0 Å². The molecule has 0 bridgehead atoms. The maximum atomic E-state index is 12.8. The Balaban J connectivity index is 2.38. The van der Waals surface area contributed by atoms with Crippen molar-refractivity contribution in [1.29, 1.82) is 0 Å². The van der Waals surface area contributed by atoms with Crippen LogP contribution in [0.3, 0.4) is 0 Å². The van der Waals surface area contributed by atoms with E-state index in [4.69, 9.17) is 0 Å². The quantitative estimate of drug-likeness (QED) is 0.318. The van der Waals surface area contributed by atoms with E-state index in [1.165, 1.54) is 12.1 Å². The highest BCUT2D eigenvalue weighted by atomic mass is 32.2. The number of nitro benzene ring substituents is 1. The van der Waals surface area contributed by atoms with E-state index >= 15 is 0 Å². The Hall–Kier alpha value is -2.98. The molecular formula is C19H24N4O5S. The summed E-state index contributed by atoms with van der Waals surface area (Å²) in [5.74, 6) is 0. The van der Waals surface area contributed by atoms with E-state index in [1.807, 2.05) is 26.0 Å². The Bertz CT molecular complexity index is 998. The summed E-state index contributed by atoms with van der Waals surface area (Å²) in [4.78, 5) is 22.0. The zero-order valence-corrected chi connectivity index (χ0v) is 17.1. The van der Waals surface area contributed by atoms with Crippen LogP contribution in [-0.4, -0.2) is 26.3 Å². The molecule has 10 heteroatoms. The molecule has 2 aromatic rings. The van der Waals surface area contributed by atoms with Gasteiger partial charge in [0.2, 0.25) is 10.0 Å². The summed E-state index contributed by atoms with van der Waals surface area (Å²) in [6, 6.07) is 9.75. The SMILES string of the molecule is CCCCCNC(=O)N=S(=O)(O)c1cc([N+](=O)[O-])ccc1Nc1ccc(C)cc1. The number of benzene rings is 2. The Morgan fingerprint density at radius 2 is 1.90 bits per heavy atom. The number of nitro groups is 1. The number of nitrogens with one attached hydrogen (secondary N) is 2. The number of carbonyl (C=O) groups excluding carboxylic acids is 1. The van der Waals surface area contributed by atoms with E-state index in [0.717, 1.165) is 30.9 Å². The van der Waals surface area contributed by atoms with E-state index in [9.17, 15) is 23.7 Å². The number of urea groups is 1. The standard InChI is InChI=1S/C19H24N4O5S/c1-3-4-5-12-20-19(24)22-29(27,28)18-13-16(23(25)26)10-11-17(18)21-15-8-6-14(2)7-9-15/h6-11,13,21H,3-5,12H2,1-2H3,(H2,20,22,24,27,28). The van der Waals surface area contributed by atoms with Crippen molar-refractivity contribution in [3.05, 3.63) is 58.1 Å². The number of nitrogens with zero attached hydrogens (tertiary/aromatic N) is 2. The molecule has 0 aromatic heterocycles. The van der Waals surface area contributed by atoms with E-state index in [2.05, 4.69) is 15.0 Å². The van der Waals surface area contributed by atoms with Gasteiger partial charge in [-0.3, -0.25) is 14.7 Å². The van der Waals surface area contributed by atoms with Crippen LogP contribution in [0.25, 0.3) is 0 Å². The smallest absolute Gasteiger partial charge is 0.351 e. The molecule has 1 atom stereocenters. The van der Waals surface area contributed by atoms with Crippen molar-refractivity contribution in [1.82, 2.24) is 5.32 Å². The highest BCUT2D eigenvalue weighted by Gasteiger charge is 2.21. The first kappa shape index (κ1) is 22.3. The summed E-state index contributed by atoms with van der Waals surface area (Å²) in [5.41, 5.74) is 1.41. The largest absolute Gasteiger partial charge is 0.354 e. The number of hydrogen-bond acceptors (Lipinski definition) is 5. The number of aryl methyl sites for hydroxylation is 1. The molecular weight excluding hydrogens is 396 g/mol. The molecule has 0 aliphatic heterocycles. The topological polar surface area (TPSA) is 134 Å². The second-order valence-electron chi connectivity index (χ2n) is 6.46. The predicted molar refractivity (Wildman–Crippen MR) is 112 cm³/mol. The number of rotatable bonds is 8. The van der Waals surface area contributed by atoms with E-state index < -0.39 is 21.0 Å². The molecule has 0 aliphatic carbocycles. The predicted octanol–water partition coefficient (Wildman–Crippen LogP) is 4.85. The molecule has 0 heterocycles. The maximum Gasteiger partial charge on any atom is 0.351 e. The van der Waals surface area contributed by atoms with Gasteiger partial charge in [0.25, 0.3) is 5.69 Å². The molecule has 0 spiro atoms. The fraction of sp³-hybridized carbons (Fsp3) is 0.316. The van der Waals surface area contributed by atoms with Crippen molar-refractivity contribution in [3.63, 3.8) is 0 Å². The van der Waals surface area contributed by atoms with E-state index in [-0.39, 0.29) is 16.3 Å². The fourth-order valence-electron chi connectivity index (χ4n) is 2.50. The Morgan fingerprint density at radius 3 is 2.52 bits per heavy atom. The Labute approximate surface area is 169 Å². The minimum atomic E-state index is -4.22. The monoisotopic (exact) mass is 420 g/mol. The van der Waals surface area contributed by atoms with Crippen LogP contribution >= 0.6 is 0 Å². The van der Waals surface area contributed by atoms with Crippen LogP contribution in [-0.2, 0) is 10.0 Å². The van der Waals surface area contributed by atoms with Crippen LogP contribution in [0.1, 0.15) is 31.7 Å². The van der Waals surface area contributed by atoms with Crippen molar-refractivity contribution >= 4 is 33.1 Å². The lowest BCUT2D eigenvalue weighted by Gasteiger charge is -2.12. The van der Waals surface area contributed by atoms with Gasteiger partial charge < -0.3 is 10.6 Å². The minimum Gasteiger partial charge on any atom is -0.354 e. The van der Waals surface area contributed by atoms with Crippen LogP contribution < -0.4 is 10.6 Å². The molecule has 29 heavy (non-hydrogen) atoms. The average Bonchev–Trinajstić information content (AvgIpc) is 2.66.